The van der Waals surface area contributed by atoms with Crippen LogP contribution in [0.25, 0.3) is 0 Å². The zero-order chi connectivity index (χ0) is 10.0. The van der Waals surface area contributed by atoms with E-state index >= 15 is 0 Å². The summed E-state index contributed by atoms with van der Waals surface area (Å²) < 4.78 is 0. The Labute approximate surface area is 87.8 Å². The molecule has 2 nitrogen and oxygen atoms in total. The molecule has 0 aromatic carbocycles. The summed E-state index contributed by atoms with van der Waals surface area (Å²) in [5.74, 6) is 0.991. The van der Waals surface area contributed by atoms with Crippen molar-refractivity contribution < 1.29 is 0 Å². The van der Waals surface area contributed by atoms with Gasteiger partial charge in [0.2, 0.25) is 0 Å². The molecule has 1 saturated heterocycles. The van der Waals surface area contributed by atoms with Crippen LogP contribution in [0.3, 0.4) is 0 Å². The van der Waals surface area contributed by atoms with Crippen molar-refractivity contribution in [1.82, 2.24) is 10.6 Å². The van der Waals surface area contributed by atoms with E-state index in [-0.39, 0.29) is 0 Å². The van der Waals surface area contributed by atoms with Crippen LogP contribution in [0.4, 0.5) is 0 Å². The molecule has 1 aliphatic heterocycles. The minimum absolute atomic E-state index is 0.388. The van der Waals surface area contributed by atoms with Gasteiger partial charge in [-0.25, -0.2) is 0 Å². The smallest absolute Gasteiger partial charge is 0.0278 e. The van der Waals surface area contributed by atoms with Gasteiger partial charge in [-0.15, -0.1) is 0 Å². The Morgan fingerprint density at radius 3 is 3.00 bits per heavy atom. The van der Waals surface area contributed by atoms with E-state index in [9.17, 15) is 0 Å². The van der Waals surface area contributed by atoms with E-state index < -0.39 is 0 Å². The Bertz CT molecular complexity index is 185. The van der Waals surface area contributed by atoms with Crippen molar-refractivity contribution in [2.45, 2.75) is 57.5 Å². The van der Waals surface area contributed by atoms with Gasteiger partial charge < -0.3 is 10.6 Å². The fraction of sp³-hybridized carbons (Fsp3) is 1.00. The molecule has 2 fully saturated rings. The average molecular weight is 196 g/mol. The number of rotatable bonds is 5. The van der Waals surface area contributed by atoms with E-state index in [1.807, 2.05) is 0 Å². The van der Waals surface area contributed by atoms with Gasteiger partial charge in [0.1, 0.15) is 0 Å². The average Bonchev–Trinajstić information content (AvgIpc) is 2.76. The van der Waals surface area contributed by atoms with Crippen molar-refractivity contribution in [2.75, 3.05) is 13.1 Å². The number of hydrogen-bond donors (Lipinski definition) is 2. The maximum absolute atomic E-state index is 3.71. The van der Waals surface area contributed by atoms with Crippen LogP contribution in [-0.4, -0.2) is 24.7 Å². The van der Waals surface area contributed by atoms with Gasteiger partial charge in [0, 0.05) is 18.1 Å². The maximum atomic E-state index is 3.71. The van der Waals surface area contributed by atoms with Crippen LogP contribution in [0, 0.1) is 5.92 Å². The lowest BCUT2D eigenvalue weighted by Crippen LogP contribution is -2.46. The van der Waals surface area contributed by atoms with Crippen molar-refractivity contribution in [3.05, 3.63) is 0 Å². The van der Waals surface area contributed by atoms with Gasteiger partial charge in [0.05, 0.1) is 0 Å². The van der Waals surface area contributed by atoms with E-state index in [0.29, 0.717) is 5.54 Å². The molecule has 0 radical (unpaired) electrons. The number of hydrogen-bond acceptors (Lipinski definition) is 2. The SMILES string of the molecule is CCCC1CC1NCC1(C)CCCN1. The van der Waals surface area contributed by atoms with E-state index in [2.05, 4.69) is 24.5 Å². The first-order chi connectivity index (χ1) is 6.73. The van der Waals surface area contributed by atoms with Crippen molar-refractivity contribution in [2.24, 2.45) is 5.92 Å². The van der Waals surface area contributed by atoms with Crippen LogP contribution < -0.4 is 10.6 Å². The van der Waals surface area contributed by atoms with Crippen molar-refractivity contribution in [1.29, 1.82) is 0 Å². The highest BCUT2D eigenvalue weighted by Gasteiger charge is 2.37. The summed E-state index contributed by atoms with van der Waals surface area (Å²) in [6.07, 6.45) is 6.87. The molecule has 0 aromatic heterocycles. The second-order valence-electron chi connectivity index (χ2n) is 5.36. The lowest BCUT2D eigenvalue weighted by Gasteiger charge is -2.24. The highest BCUT2D eigenvalue weighted by atomic mass is 15.1. The third kappa shape index (κ3) is 2.48. The normalized spacial score (nSPS) is 41.6. The molecule has 2 N–H and O–H groups in total. The third-order valence-corrected chi connectivity index (χ3v) is 3.79. The fourth-order valence-corrected chi connectivity index (χ4v) is 2.65. The lowest BCUT2D eigenvalue weighted by atomic mass is 10.0. The van der Waals surface area contributed by atoms with E-state index in [1.54, 1.807) is 0 Å². The lowest BCUT2D eigenvalue weighted by molar-refractivity contribution is 0.379. The second-order valence-corrected chi connectivity index (χ2v) is 5.36. The van der Waals surface area contributed by atoms with Gasteiger partial charge in [-0.2, -0.15) is 0 Å². The Kier molecular flexibility index (Phi) is 3.13. The van der Waals surface area contributed by atoms with Crippen LogP contribution in [0.1, 0.15) is 46.0 Å². The Morgan fingerprint density at radius 1 is 1.50 bits per heavy atom. The molecular weight excluding hydrogens is 172 g/mol. The summed E-state index contributed by atoms with van der Waals surface area (Å²) in [5, 5.41) is 7.31. The van der Waals surface area contributed by atoms with Gasteiger partial charge in [-0.1, -0.05) is 13.3 Å². The summed E-state index contributed by atoms with van der Waals surface area (Å²) in [5.41, 5.74) is 0.388. The Balaban J connectivity index is 1.63. The van der Waals surface area contributed by atoms with Gasteiger partial charge in [-0.05, 0) is 45.1 Å². The molecule has 0 amide bonds. The van der Waals surface area contributed by atoms with Crippen LogP contribution >= 0.6 is 0 Å². The minimum Gasteiger partial charge on any atom is -0.312 e. The zero-order valence-electron chi connectivity index (χ0n) is 9.60. The monoisotopic (exact) mass is 196 g/mol. The van der Waals surface area contributed by atoms with Crippen LogP contribution in [0.2, 0.25) is 0 Å². The Hall–Kier alpha value is -0.0800. The Morgan fingerprint density at radius 2 is 2.36 bits per heavy atom. The standard InChI is InChI=1S/C12H24N2/c1-3-5-10-8-11(10)13-9-12(2)6-4-7-14-12/h10-11,13-14H,3-9H2,1-2H3. The number of nitrogens with one attached hydrogen (secondary N) is 2. The summed E-state index contributed by atoms with van der Waals surface area (Å²) in [6, 6.07) is 0.842. The van der Waals surface area contributed by atoms with E-state index in [1.165, 1.54) is 38.6 Å². The molecule has 14 heavy (non-hydrogen) atoms. The summed E-state index contributed by atoms with van der Waals surface area (Å²) in [4.78, 5) is 0. The summed E-state index contributed by atoms with van der Waals surface area (Å²) in [6.45, 7) is 7.01. The molecule has 2 heteroatoms. The molecule has 1 heterocycles. The molecule has 82 valence electrons. The zero-order valence-corrected chi connectivity index (χ0v) is 9.60. The maximum Gasteiger partial charge on any atom is 0.0278 e. The van der Waals surface area contributed by atoms with Crippen molar-refractivity contribution in [3.8, 4) is 0 Å². The first-order valence-corrected chi connectivity index (χ1v) is 6.22. The molecule has 0 spiro atoms. The first-order valence-electron chi connectivity index (χ1n) is 6.22. The minimum atomic E-state index is 0.388. The fourth-order valence-electron chi connectivity index (χ4n) is 2.65. The molecule has 3 atom stereocenters. The van der Waals surface area contributed by atoms with E-state index in [0.717, 1.165) is 18.5 Å². The molecule has 1 aliphatic carbocycles. The van der Waals surface area contributed by atoms with Gasteiger partial charge in [0.25, 0.3) is 0 Å². The van der Waals surface area contributed by atoms with Gasteiger partial charge in [0.15, 0.2) is 0 Å². The molecule has 2 aliphatic rings. The topological polar surface area (TPSA) is 24.1 Å². The van der Waals surface area contributed by atoms with Crippen molar-refractivity contribution in [3.63, 3.8) is 0 Å². The highest BCUT2D eigenvalue weighted by molar-refractivity contribution is 4.97. The quantitative estimate of drug-likeness (QED) is 0.702. The molecule has 2 rings (SSSR count). The second kappa shape index (κ2) is 4.19. The summed E-state index contributed by atoms with van der Waals surface area (Å²) >= 11 is 0. The largest absolute Gasteiger partial charge is 0.312 e. The predicted octanol–water partition coefficient (Wildman–Crippen LogP) is 1.91. The summed E-state index contributed by atoms with van der Waals surface area (Å²) in [7, 11) is 0. The van der Waals surface area contributed by atoms with Crippen LogP contribution in [0.15, 0.2) is 0 Å². The van der Waals surface area contributed by atoms with Crippen LogP contribution in [-0.2, 0) is 0 Å². The van der Waals surface area contributed by atoms with Gasteiger partial charge >= 0.3 is 0 Å². The molecule has 3 unspecified atom stereocenters. The molecule has 1 saturated carbocycles. The molecule has 0 bridgehead atoms. The highest BCUT2D eigenvalue weighted by Crippen LogP contribution is 2.35. The van der Waals surface area contributed by atoms with Crippen molar-refractivity contribution >= 4 is 0 Å². The molecule has 0 aromatic rings. The predicted molar refractivity (Wildman–Crippen MR) is 60.4 cm³/mol. The molecular formula is C12H24N2. The van der Waals surface area contributed by atoms with Crippen LogP contribution in [0.5, 0.6) is 0 Å². The third-order valence-electron chi connectivity index (χ3n) is 3.79. The van der Waals surface area contributed by atoms with E-state index in [4.69, 9.17) is 0 Å². The van der Waals surface area contributed by atoms with Gasteiger partial charge in [-0.3, -0.25) is 0 Å². The first kappa shape index (κ1) is 10.4.